The average Bonchev–Trinajstić information content (AvgIpc) is 2.45. The minimum atomic E-state index is -0.269. The average molecular weight is 310 g/mol. The van der Waals surface area contributed by atoms with Crippen LogP contribution in [0.4, 0.5) is 8.78 Å². The summed E-state index contributed by atoms with van der Waals surface area (Å²) in [7, 11) is 1.84. The van der Waals surface area contributed by atoms with Crippen molar-refractivity contribution >= 4 is 11.6 Å². The minimum absolute atomic E-state index is 0.0971. The quantitative estimate of drug-likeness (QED) is 0.841. The van der Waals surface area contributed by atoms with Crippen LogP contribution >= 0.6 is 11.6 Å². The lowest BCUT2D eigenvalue weighted by atomic mass is 9.92. The zero-order valence-electron chi connectivity index (χ0n) is 11.9. The van der Waals surface area contributed by atoms with Gasteiger partial charge < -0.3 is 5.32 Å². The van der Waals surface area contributed by atoms with Crippen molar-refractivity contribution in [3.63, 3.8) is 0 Å². The molecule has 0 spiro atoms. The van der Waals surface area contributed by atoms with Gasteiger partial charge in [-0.1, -0.05) is 29.8 Å². The SMILES string of the molecule is CNCC(Cc1ccccc1F)Cc1cc(Cl)ccc1F. The monoisotopic (exact) mass is 309 g/mol. The Labute approximate surface area is 128 Å². The van der Waals surface area contributed by atoms with Crippen molar-refractivity contribution in [2.45, 2.75) is 12.8 Å². The van der Waals surface area contributed by atoms with Crippen LogP contribution in [0.1, 0.15) is 11.1 Å². The second-order valence-corrected chi connectivity index (χ2v) is 5.60. The van der Waals surface area contributed by atoms with Crippen LogP contribution in [0.2, 0.25) is 5.02 Å². The fraction of sp³-hybridized carbons (Fsp3) is 0.294. The van der Waals surface area contributed by atoms with Crippen molar-refractivity contribution in [1.29, 1.82) is 0 Å². The van der Waals surface area contributed by atoms with Crippen molar-refractivity contribution in [2.75, 3.05) is 13.6 Å². The van der Waals surface area contributed by atoms with Gasteiger partial charge in [0.1, 0.15) is 11.6 Å². The van der Waals surface area contributed by atoms with E-state index in [0.717, 1.165) is 0 Å². The first-order chi connectivity index (χ1) is 10.1. The molecule has 0 saturated carbocycles. The van der Waals surface area contributed by atoms with Crippen LogP contribution in [0.3, 0.4) is 0 Å². The predicted molar refractivity (Wildman–Crippen MR) is 82.6 cm³/mol. The number of rotatable bonds is 6. The fourth-order valence-corrected chi connectivity index (χ4v) is 2.69. The highest BCUT2D eigenvalue weighted by Crippen LogP contribution is 2.21. The summed E-state index contributed by atoms with van der Waals surface area (Å²) in [5, 5.41) is 3.60. The number of nitrogens with one attached hydrogen (secondary N) is 1. The van der Waals surface area contributed by atoms with Crippen LogP contribution in [0.25, 0.3) is 0 Å². The molecule has 1 unspecified atom stereocenters. The molecule has 2 rings (SSSR count). The summed E-state index contributed by atoms with van der Waals surface area (Å²) in [6.45, 7) is 0.681. The molecule has 0 heterocycles. The molecule has 0 aliphatic heterocycles. The molecule has 0 fully saturated rings. The maximum Gasteiger partial charge on any atom is 0.126 e. The third kappa shape index (κ3) is 4.51. The Balaban J connectivity index is 2.16. The summed E-state index contributed by atoms with van der Waals surface area (Å²) in [5.41, 5.74) is 1.22. The van der Waals surface area contributed by atoms with Crippen LogP contribution in [-0.2, 0) is 12.8 Å². The van der Waals surface area contributed by atoms with Crippen molar-refractivity contribution in [2.24, 2.45) is 5.92 Å². The summed E-state index contributed by atoms with van der Waals surface area (Å²) >= 11 is 5.92. The molecule has 112 valence electrons. The molecule has 0 aliphatic carbocycles. The van der Waals surface area contributed by atoms with Crippen LogP contribution in [0, 0.1) is 17.6 Å². The molecular weight excluding hydrogens is 292 g/mol. The van der Waals surface area contributed by atoms with Gasteiger partial charge in [0.15, 0.2) is 0 Å². The van der Waals surface area contributed by atoms with Gasteiger partial charge in [-0.2, -0.15) is 0 Å². The lowest BCUT2D eigenvalue weighted by molar-refractivity contribution is 0.469. The second-order valence-electron chi connectivity index (χ2n) is 5.16. The topological polar surface area (TPSA) is 12.0 Å². The van der Waals surface area contributed by atoms with Gasteiger partial charge in [0.2, 0.25) is 0 Å². The van der Waals surface area contributed by atoms with Gasteiger partial charge in [-0.3, -0.25) is 0 Å². The standard InChI is InChI=1S/C17H18ClF2N/c1-21-11-12(8-13-4-2-3-5-16(13)19)9-14-10-15(18)6-7-17(14)20/h2-7,10,12,21H,8-9,11H2,1H3. The Morgan fingerprint density at radius 3 is 2.38 bits per heavy atom. The van der Waals surface area contributed by atoms with E-state index in [1.807, 2.05) is 13.1 Å². The lowest BCUT2D eigenvalue weighted by Crippen LogP contribution is -2.23. The zero-order chi connectivity index (χ0) is 15.2. The van der Waals surface area contributed by atoms with E-state index < -0.39 is 0 Å². The Hall–Kier alpha value is -1.45. The van der Waals surface area contributed by atoms with Crippen molar-refractivity contribution < 1.29 is 8.78 Å². The van der Waals surface area contributed by atoms with E-state index in [9.17, 15) is 8.78 Å². The molecule has 21 heavy (non-hydrogen) atoms. The Morgan fingerprint density at radius 2 is 1.67 bits per heavy atom. The highest BCUT2D eigenvalue weighted by molar-refractivity contribution is 6.30. The summed E-state index contributed by atoms with van der Waals surface area (Å²) in [6, 6.07) is 11.2. The molecule has 0 amide bonds. The first-order valence-electron chi connectivity index (χ1n) is 6.92. The molecular formula is C17H18ClF2N. The highest BCUT2D eigenvalue weighted by Gasteiger charge is 2.15. The smallest absolute Gasteiger partial charge is 0.126 e. The van der Waals surface area contributed by atoms with Crippen molar-refractivity contribution in [3.05, 3.63) is 70.2 Å². The summed E-state index contributed by atoms with van der Waals surface area (Å²) in [5.74, 6) is -0.390. The van der Waals surface area contributed by atoms with Gasteiger partial charge in [-0.05, 0) is 67.7 Å². The predicted octanol–water partition coefficient (Wildman–Crippen LogP) is 4.24. The molecule has 1 N–H and O–H groups in total. The molecule has 0 radical (unpaired) electrons. The first kappa shape index (κ1) is 15.9. The molecule has 0 aromatic heterocycles. The van der Waals surface area contributed by atoms with Gasteiger partial charge in [0.05, 0.1) is 0 Å². The number of benzene rings is 2. The van der Waals surface area contributed by atoms with Crippen LogP contribution in [0.15, 0.2) is 42.5 Å². The molecule has 4 heteroatoms. The van der Waals surface area contributed by atoms with Crippen LogP contribution in [-0.4, -0.2) is 13.6 Å². The summed E-state index contributed by atoms with van der Waals surface area (Å²) in [4.78, 5) is 0. The van der Waals surface area contributed by atoms with Gasteiger partial charge in [0, 0.05) is 5.02 Å². The molecule has 2 aromatic rings. The molecule has 1 nitrogen and oxygen atoms in total. The summed E-state index contributed by atoms with van der Waals surface area (Å²) < 4.78 is 27.6. The van der Waals surface area contributed by atoms with Gasteiger partial charge in [-0.25, -0.2) is 8.78 Å². The van der Waals surface area contributed by atoms with E-state index in [-0.39, 0.29) is 17.6 Å². The third-order valence-electron chi connectivity index (χ3n) is 3.48. The third-order valence-corrected chi connectivity index (χ3v) is 3.71. The van der Waals surface area contributed by atoms with E-state index in [1.165, 1.54) is 18.2 Å². The molecule has 0 bridgehead atoms. The van der Waals surface area contributed by atoms with E-state index in [1.54, 1.807) is 18.2 Å². The molecule has 2 aromatic carbocycles. The maximum absolute atomic E-state index is 13.8. The normalized spacial score (nSPS) is 12.4. The molecule has 0 saturated heterocycles. The van der Waals surface area contributed by atoms with E-state index >= 15 is 0 Å². The Bertz CT molecular complexity index is 601. The number of hydrogen-bond acceptors (Lipinski definition) is 1. The lowest BCUT2D eigenvalue weighted by Gasteiger charge is -2.18. The van der Waals surface area contributed by atoms with E-state index in [4.69, 9.17) is 11.6 Å². The first-order valence-corrected chi connectivity index (χ1v) is 7.30. The van der Waals surface area contributed by atoms with Gasteiger partial charge >= 0.3 is 0 Å². The van der Waals surface area contributed by atoms with Crippen LogP contribution < -0.4 is 5.32 Å². The second kappa shape index (κ2) is 7.53. The van der Waals surface area contributed by atoms with Gasteiger partial charge in [0.25, 0.3) is 0 Å². The van der Waals surface area contributed by atoms with E-state index in [2.05, 4.69) is 5.32 Å². The number of halogens is 3. The summed E-state index contributed by atoms with van der Waals surface area (Å²) in [6.07, 6.45) is 1.07. The highest BCUT2D eigenvalue weighted by atomic mass is 35.5. The zero-order valence-corrected chi connectivity index (χ0v) is 12.6. The van der Waals surface area contributed by atoms with Gasteiger partial charge in [-0.15, -0.1) is 0 Å². The minimum Gasteiger partial charge on any atom is -0.319 e. The van der Waals surface area contributed by atoms with Crippen molar-refractivity contribution in [1.82, 2.24) is 5.32 Å². The van der Waals surface area contributed by atoms with Crippen LogP contribution in [0.5, 0.6) is 0 Å². The van der Waals surface area contributed by atoms with E-state index in [0.29, 0.717) is 35.5 Å². The Kier molecular flexibility index (Phi) is 5.71. The maximum atomic E-state index is 13.8. The Morgan fingerprint density at radius 1 is 1.00 bits per heavy atom. The largest absolute Gasteiger partial charge is 0.319 e. The fourth-order valence-electron chi connectivity index (χ4n) is 2.49. The van der Waals surface area contributed by atoms with Crippen molar-refractivity contribution in [3.8, 4) is 0 Å². The molecule has 1 atom stereocenters. The molecule has 0 aliphatic rings. The number of hydrogen-bond donors (Lipinski definition) is 1.